The molecule has 1 saturated carbocycles. The topological polar surface area (TPSA) is 124 Å². The normalized spacial score (nSPS) is 19.7. The SMILES string of the molecule is C[C@](O)(CNC(=O)c1ccc(F)c(OC2CC2)c1)c1cc2c(c(-c3ccc(F)cc3)n1)OC[C@]2(C)C(N)=O.[HH]. The summed E-state index contributed by atoms with van der Waals surface area (Å²) >= 11 is 0. The number of carbonyl (C=O) groups is 2. The number of fused-ring (bicyclic) bond motifs is 1. The van der Waals surface area contributed by atoms with Crippen molar-refractivity contribution < 1.29 is 34.4 Å². The molecule has 5 rings (SSSR count). The van der Waals surface area contributed by atoms with Gasteiger partial charge in [0.15, 0.2) is 11.6 Å². The van der Waals surface area contributed by atoms with Crippen molar-refractivity contribution in [3.63, 3.8) is 0 Å². The largest absolute Gasteiger partial charge is 0.489 e. The standard InChI is InChI=1S/C28H27F2N3O5.H2/c1-27(26(31)35)14-37-24-19(27)12-22(33-23(24)15-3-6-17(29)7-4-15)28(2,36)13-32-25(34)16-5-10-20(30)21(11-16)38-18-8-9-18;/h3-7,10-12,18,36H,8-9,13-14H2,1-2H3,(H2,31,35)(H,32,34);1H/t27-,28-;/m0./s1. The van der Waals surface area contributed by atoms with Crippen LogP contribution in [-0.2, 0) is 15.8 Å². The van der Waals surface area contributed by atoms with Crippen LogP contribution in [0.4, 0.5) is 8.78 Å². The number of hydrogen-bond acceptors (Lipinski definition) is 6. The molecule has 2 amide bonds. The number of carbonyl (C=O) groups excluding carboxylic acids is 2. The Balaban J connectivity index is 0.00000353. The van der Waals surface area contributed by atoms with Crippen LogP contribution in [0.5, 0.6) is 11.5 Å². The highest BCUT2D eigenvalue weighted by Crippen LogP contribution is 2.45. The van der Waals surface area contributed by atoms with E-state index in [1.807, 2.05) is 0 Å². The Morgan fingerprint density at radius 2 is 1.95 bits per heavy atom. The lowest BCUT2D eigenvalue weighted by molar-refractivity contribution is -0.123. The summed E-state index contributed by atoms with van der Waals surface area (Å²) in [5.41, 5.74) is 4.35. The van der Waals surface area contributed by atoms with Gasteiger partial charge in [-0.2, -0.15) is 0 Å². The number of pyridine rings is 1. The van der Waals surface area contributed by atoms with E-state index in [1.165, 1.54) is 49.4 Å². The first-order valence-electron chi connectivity index (χ1n) is 12.2. The number of halogens is 2. The number of aliphatic hydroxyl groups is 1. The minimum Gasteiger partial charge on any atom is -0.489 e. The minimum absolute atomic E-state index is 0. The van der Waals surface area contributed by atoms with E-state index in [4.69, 9.17) is 15.2 Å². The van der Waals surface area contributed by atoms with Crippen LogP contribution in [0.15, 0.2) is 48.5 Å². The summed E-state index contributed by atoms with van der Waals surface area (Å²) in [6, 6.07) is 10.9. The minimum atomic E-state index is -1.70. The summed E-state index contributed by atoms with van der Waals surface area (Å²) in [7, 11) is 0. The predicted octanol–water partition coefficient (Wildman–Crippen LogP) is 3.59. The number of nitrogens with one attached hydrogen (secondary N) is 1. The highest BCUT2D eigenvalue weighted by Gasteiger charge is 2.45. The maximum absolute atomic E-state index is 14.1. The Labute approximate surface area is 219 Å². The van der Waals surface area contributed by atoms with Crippen LogP contribution < -0.4 is 20.5 Å². The highest BCUT2D eigenvalue weighted by atomic mass is 19.1. The molecule has 4 N–H and O–H groups in total. The van der Waals surface area contributed by atoms with Crippen molar-refractivity contribution in [3.8, 4) is 22.8 Å². The molecule has 1 fully saturated rings. The quantitative estimate of drug-likeness (QED) is 0.413. The number of nitrogens with two attached hydrogens (primary N) is 1. The molecule has 1 aromatic heterocycles. The summed E-state index contributed by atoms with van der Waals surface area (Å²) in [4.78, 5) is 29.8. The van der Waals surface area contributed by atoms with Gasteiger partial charge in [-0.3, -0.25) is 9.59 Å². The zero-order valence-electron chi connectivity index (χ0n) is 20.9. The van der Waals surface area contributed by atoms with E-state index in [0.29, 0.717) is 22.6 Å². The second kappa shape index (κ2) is 9.36. The van der Waals surface area contributed by atoms with Gasteiger partial charge >= 0.3 is 0 Å². The van der Waals surface area contributed by atoms with Crippen molar-refractivity contribution in [3.05, 3.63) is 77.0 Å². The fourth-order valence-corrected chi connectivity index (χ4v) is 4.21. The lowest BCUT2D eigenvalue weighted by atomic mass is 9.82. The molecule has 0 bridgehead atoms. The number of hydrogen-bond donors (Lipinski definition) is 3. The second-order valence-electron chi connectivity index (χ2n) is 10.1. The van der Waals surface area contributed by atoms with E-state index in [-0.39, 0.29) is 37.7 Å². The van der Waals surface area contributed by atoms with Crippen LogP contribution in [0.2, 0.25) is 0 Å². The molecule has 8 nitrogen and oxygen atoms in total. The van der Waals surface area contributed by atoms with Crippen LogP contribution in [0.3, 0.4) is 0 Å². The van der Waals surface area contributed by atoms with Crippen LogP contribution in [0, 0.1) is 11.6 Å². The Kier molecular flexibility index (Phi) is 6.30. The molecule has 1 aliphatic heterocycles. The number of benzene rings is 2. The molecular formula is C28H29F2N3O5. The first-order chi connectivity index (χ1) is 18.0. The van der Waals surface area contributed by atoms with Crippen molar-refractivity contribution in [2.75, 3.05) is 13.2 Å². The van der Waals surface area contributed by atoms with Crippen LogP contribution in [-0.4, -0.2) is 41.2 Å². The lowest BCUT2D eigenvalue weighted by Gasteiger charge is -2.26. The van der Waals surface area contributed by atoms with E-state index >= 15 is 0 Å². The molecule has 2 aromatic carbocycles. The average Bonchev–Trinajstić information content (AvgIpc) is 3.64. The number of aromatic nitrogens is 1. The van der Waals surface area contributed by atoms with Gasteiger partial charge in [-0.1, -0.05) is 0 Å². The summed E-state index contributed by atoms with van der Waals surface area (Å²) in [5, 5.41) is 14.0. The third-order valence-corrected chi connectivity index (χ3v) is 6.89. The van der Waals surface area contributed by atoms with Crippen molar-refractivity contribution in [1.29, 1.82) is 0 Å². The van der Waals surface area contributed by atoms with Crippen LogP contribution >= 0.6 is 0 Å². The molecule has 0 radical (unpaired) electrons. The van der Waals surface area contributed by atoms with E-state index in [1.54, 1.807) is 6.92 Å². The number of primary amides is 1. The molecule has 10 heteroatoms. The number of rotatable bonds is 8. The van der Waals surface area contributed by atoms with Gasteiger partial charge in [0.05, 0.1) is 18.3 Å². The van der Waals surface area contributed by atoms with Gasteiger partial charge in [0, 0.05) is 18.1 Å². The number of ether oxygens (including phenoxy) is 2. The molecule has 0 saturated heterocycles. The van der Waals surface area contributed by atoms with Gasteiger partial charge < -0.3 is 25.6 Å². The van der Waals surface area contributed by atoms with Gasteiger partial charge in [0.2, 0.25) is 5.91 Å². The Morgan fingerprint density at radius 3 is 2.61 bits per heavy atom. The first kappa shape index (κ1) is 25.6. The number of amides is 2. The summed E-state index contributed by atoms with van der Waals surface area (Å²) in [6.07, 6.45) is 1.64. The third kappa shape index (κ3) is 4.79. The van der Waals surface area contributed by atoms with Crippen molar-refractivity contribution in [2.24, 2.45) is 5.73 Å². The van der Waals surface area contributed by atoms with E-state index in [9.17, 15) is 23.5 Å². The van der Waals surface area contributed by atoms with Crippen molar-refractivity contribution in [2.45, 2.75) is 43.8 Å². The van der Waals surface area contributed by atoms with Gasteiger partial charge in [0.1, 0.15) is 34.9 Å². The van der Waals surface area contributed by atoms with Gasteiger partial charge in [-0.15, -0.1) is 0 Å². The molecule has 2 heterocycles. The van der Waals surface area contributed by atoms with E-state index in [2.05, 4.69) is 10.3 Å². The smallest absolute Gasteiger partial charge is 0.251 e. The Bertz CT molecular complexity index is 1430. The van der Waals surface area contributed by atoms with Crippen molar-refractivity contribution in [1.82, 2.24) is 10.3 Å². The van der Waals surface area contributed by atoms with Crippen molar-refractivity contribution >= 4 is 11.8 Å². The van der Waals surface area contributed by atoms with Crippen LogP contribution in [0.1, 0.15) is 49.7 Å². The van der Waals surface area contributed by atoms with E-state index in [0.717, 1.165) is 18.9 Å². The van der Waals surface area contributed by atoms with Gasteiger partial charge in [0.25, 0.3) is 5.91 Å². The maximum atomic E-state index is 14.1. The molecular weight excluding hydrogens is 496 g/mol. The predicted molar refractivity (Wildman–Crippen MR) is 136 cm³/mol. The summed E-state index contributed by atoms with van der Waals surface area (Å²) < 4.78 is 39.0. The van der Waals surface area contributed by atoms with Gasteiger partial charge in [-0.25, -0.2) is 13.8 Å². The molecule has 2 aliphatic rings. The molecule has 1 aliphatic carbocycles. The van der Waals surface area contributed by atoms with E-state index < -0.39 is 34.5 Å². The summed E-state index contributed by atoms with van der Waals surface area (Å²) in [6.45, 7) is 2.81. The average molecular weight is 526 g/mol. The summed E-state index contributed by atoms with van der Waals surface area (Å²) in [5.74, 6) is -1.84. The fraction of sp³-hybridized carbons (Fsp3) is 0.321. The molecule has 200 valence electrons. The Morgan fingerprint density at radius 1 is 1.24 bits per heavy atom. The molecule has 0 unspecified atom stereocenters. The van der Waals surface area contributed by atoms with Crippen LogP contribution in [0.25, 0.3) is 11.3 Å². The molecule has 3 aromatic rings. The maximum Gasteiger partial charge on any atom is 0.251 e. The third-order valence-electron chi connectivity index (χ3n) is 6.89. The van der Waals surface area contributed by atoms with Gasteiger partial charge in [-0.05, 0) is 75.2 Å². The molecule has 38 heavy (non-hydrogen) atoms. The zero-order chi connectivity index (χ0) is 27.2. The zero-order valence-corrected chi connectivity index (χ0v) is 20.9. The fourth-order valence-electron chi connectivity index (χ4n) is 4.21. The monoisotopic (exact) mass is 525 g/mol. The molecule has 2 atom stereocenters. The second-order valence-corrected chi connectivity index (χ2v) is 10.1. The Hall–Kier alpha value is -4.05. The lowest BCUT2D eigenvalue weighted by Crippen LogP contribution is -2.41. The highest BCUT2D eigenvalue weighted by molar-refractivity contribution is 5.94. The number of nitrogens with zero attached hydrogens (tertiary/aromatic N) is 1. The first-order valence-corrected chi connectivity index (χ1v) is 12.2. The molecule has 0 spiro atoms.